The second-order valence-corrected chi connectivity index (χ2v) is 7.56. The number of piperidine rings is 1. The van der Waals surface area contributed by atoms with Crippen molar-refractivity contribution >= 4 is 26.0 Å². The second-order valence-electron chi connectivity index (χ2n) is 4.98. The summed E-state index contributed by atoms with van der Waals surface area (Å²) in [7, 11) is -3.58. The van der Waals surface area contributed by atoms with Crippen LogP contribution in [0, 0.1) is 5.92 Å². The summed E-state index contributed by atoms with van der Waals surface area (Å²) in [4.78, 5) is 0.0949. The van der Waals surface area contributed by atoms with E-state index < -0.39 is 10.0 Å². The number of furan rings is 1. The third kappa shape index (κ3) is 2.74. The fraction of sp³-hybridized carbons (Fsp3) is 0.667. The lowest BCUT2D eigenvalue weighted by molar-refractivity contribution is 0.202. The van der Waals surface area contributed by atoms with Gasteiger partial charge >= 0.3 is 0 Å². The van der Waals surface area contributed by atoms with Crippen molar-refractivity contribution in [1.82, 2.24) is 4.31 Å². The first kappa shape index (κ1) is 15.0. The smallest absolute Gasteiger partial charge is 0.247 e. The van der Waals surface area contributed by atoms with Crippen LogP contribution in [0.4, 0.5) is 0 Å². The summed E-state index contributed by atoms with van der Waals surface area (Å²) in [5.74, 6) is 0.578. The molecule has 0 aliphatic carbocycles. The van der Waals surface area contributed by atoms with Crippen molar-refractivity contribution in [2.75, 3.05) is 6.54 Å². The van der Waals surface area contributed by atoms with Crippen molar-refractivity contribution in [3.05, 3.63) is 16.5 Å². The molecular weight excluding hydrogens is 334 g/mol. The molecule has 2 rings (SSSR count). The van der Waals surface area contributed by atoms with E-state index in [0.717, 1.165) is 12.8 Å². The van der Waals surface area contributed by atoms with Crippen molar-refractivity contribution in [2.24, 2.45) is 5.92 Å². The molecule has 1 aromatic heterocycles. The minimum absolute atomic E-state index is 0.0295. The van der Waals surface area contributed by atoms with E-state index in [9.17, 15) is 8.42 Å². The van der Waals surface area contributed by atoms with Crippen LogP contribution in [0.1, 0.15) is 32.4 Å². The molecule has 1 aromatic rings. The first-order valence-electron chi connectivity index (χ1n) is 6.29. The number of aliphatic hydroxyl groups excluding tert-OH is 1. The Labute approximate surface area is 121 Å². The molecule has 1 saturated heterocycles. The van der Waals surface area contributed by atoms with E-state index in [0.29, 0.717) is 12.5 Å². The molecule has 2 unspecified atom stereocenters. The number of rotatable bonds is 3. The lowest BCUT2D eigenvalue weighted by Gasteiger charge is -2.36. The first-order valence-corrected chi connectivity index (χ1v) is 8.52. The van der Waals surface area contributed by atoms with Gasteiger partial charge in [0.2, 0.25) is 10.0 Å². The number of aliphatic hydroxyl groups is 1. The molecule has 0 amide bonds. The highest BCUT2D eigenvalue weighted by atomic mass is 79.9. The average molecular weight is 352 g/mol. The summed E-state index contributed by atoms with van der Waals surface area (Å²) in [6, 6.07) is 1.35. The van der Waals surface area contributed by atoms with Crippen LogP contribution in [0.3, 0.4) is 0 Å². The molecule has 108 valence electrons. The van der Waals surface area contributed by atoms with Gasteiger partial charge in [-0.25, -0.2) is 8.42 Å². The Balaban J connectivity index is 2.38. The van der Waals surface area contributed by atoms with Crippen molar-refractivity contribution < 1.29 is 17.9 Å². The standard InChI is InChI=1S/C12H18BrNO4S/c1-8-4-3-5-14(9(8)2)19(16,17)11-6-10(7-15)18-12(11)13/h6,8-9,15H,3-5,7H2,1-2H3. The van der Waals surface area contributed by atoms with Crippen LogP contribution < -0.4 is 0 Å². The zero-order chi connectivity index (χ0) is 14.2. The van der Waals surface area contributed by atoms with Crippen molar-refractivity contribution in [2.45, 2.75) is 44.2 Å². The third-order valence-corrected chi connectivity index (χ3v) is 6.61. The number of halogens is 1. The summed E-state index contributed by atoms with van der Waals surface area (Å²) in [5, 5.41) is 9.02. The van der Waals surface area contributed by atoms with Crippen LogP contribution in [0.15, 0.2) is 20.0 Å². The zero-order valence-electron chi connectivity index (χ0n) is 11.0. The van der Waals surface area contributed by atoms with Gasteiger partial charge in [0.1, 0.15) is 17.3 Å². The molecule has 19 heavy (non-hydrogen) atoms. The van der Waals surface area contributed by atoms with Crippen LogP contribution >= 0.6 is 15.9 Å². The quantitative estimate of drug-likeness (QED) is 0.907. The predicted molar refractivity (Wildman–Crippen MR) is 74.1 cm³/mol. The number of nitrogens with zero attached hydrogens (tertiary/aromatic N) is 1. The summed E-state index contributed by atoms with van der Waals surface area (Å²) in [5.41, 5.74) is 0. The van der Waals surface area contributed by atoms with E-state index in [4.69, 9.17) is 9.52 Å². The summed E-state index contributed by atoms with van der Waals surface area (Å²) in [6.07, 6.45) is 1.91. The molecule has 0 bridgehead atoms. The van der Waals surface area contributed by atoms with E-state index in [-0.39, 0.29) is 28.0 Å². The lowest BCUT2D eigenvalue weighted by Crippen LogP contribution is -2.45. The molecule has 2 atom stereocenters. The van der Waals surface area contributed by atoms with Gasteiger partial charge in [-0.3, -0.25) is 0 Å². The Morgan fingerprint density at radius 2 is 2.21 bits per heavy atom. The minimum atomic E-state index is -3.58. The second kappa shape index (κ2) is 5.55. The highest BCUT2D eigenvalue weighted by Crippen LogP contribution is 2.33. The zero-order valence-corrected chi connectivity index (χ0v) is 13.4. The maximum absolute atomic E-state index is 12.6. The van der Waals surface area contributed by atoms with Gasteiger partial charge < -0.3 is 9.52 Å². The molecule has 1 aliphatic heterocycles. The molecule has 5 nitrogen and oxygen atoms in total. The van der Waals surface area contributed by atoms with Crippen LogP contribution in [-0.2, 0) is 16.6 Å². The van der Waals surface area contributed by atoms with Gasteiger partial charge in [-0.2, -0.15) is 4.31 Å². The molecule has 0 saturated carbocycles. The highest BCUT2D eigenvalue weighted by Gasteiger charge is 2.36. The Morgan fingerprint density at radius 1 is 1.53 bits per heavy atom. The minimum Gasteiger partial charge on any atom is -0.450 e. The summed E-state index contributed by atoms with van der Waals surface area (Å²) in [6.45, 7) is 4.21. The van der Waals surface area contributed by atoms with Crippen molar-refractivity contribution in [3.8, 4) is 0 Å². The maximum Gasteiger partial charge on any atom is 0.247 e. The molecule has 1 aliphatic rings. The van der Waals surface area contributed by atoms with Crippen LogP contribution in [0.25, 0.3) is 0 Å². The van der Waals surface area contributed by atoms with Gasteiger partial charge in [0, 0.05) is 18.7 Å². The van der Waals surface area contributed by atoms with Crippen LogP contribution in [0.5, 0.6) is 0 Å². The Bertz CT molecular complexity index is 554. The fourth-order valence-electron chi connectivity index (χ4n) is 2.41. The van der Waals surface area contributed by atoms with Gasteiger partial charge in [-0.05, 0) is 41.6 Å². The van der Waals surface area contributed by atoms with Gasteiger partial charge in [0.05, 0.1) is 0 Å². The number of hydrogen-bond donors (Lipinski definition) is 1. The van der Waals surface area contributed by atoms with E-state index in [1.807, 2.05) is 6.92 Å². The van der Waals surface area contributed by atoms with Crippen molar-refractivity contribution in [3.63, 3.8) is 0 Å². The fourth-order valence-corrected chi connectivity index (χ4v) is 5.14. The van der Waals surface area contributed by atoms with Crippen LogP contribution in [0.2, 0.25) is 0 Å². The molecule has 0 aromatic carbocycles. The monoisotopic (exact) mass is 351 g/mol. The number of sulfonamides is 1. The SMILES string of the molecule is CC1CCCN(S(=O)(=O)c2cc(CO)oc2Br)C1C. The predicted octanol–water partition coefficient (Wildman–Crippen LogP) is 2.34. The van der Waals surface area contributed by atoms with Crippen LogP contribution in [-0.4, -0.2) is 30.4 Å². The molecular formula is C12H18BrNO4S. The lowest BCUT2D eigenvalue weighted by atomic mass is 9.94. The molecule has 2 heterocycles. The van der Waals surface area contributed by atoms with Crippen molar-refractivity contribution in [1.29, 1.82) is 0 Å². The van der Waals surface area contributed by atoms with Gasteiger partial charge in [0.15, 0.2) is 4.67 Å². The molecule has 1 fully saturated rings. The maximum atomic E-state index is 12.6. The third-order valence-electron chi connectivity index (χ3n) is 3.76. The number of hydrogen-bond acceptors (Lipinski definition) is 4. The Morgan fingerprint density at radius 3 is 2.79 bits per heavy atom. The first-order chi connectivity index (χ1) is 8.87. The molecule has 0 radical (unpaired) electrons. The van der Waals surface area contributed by atoms with E-state index >= 15 is 0 Å². The summed E-state index contributed by atoms with van der Waals surface area (Å²) < 4.78 is 32.1. The summed E-state index contributed by atoms with van der Waals surface area (Å²) >= 11 is 3.11. The van der Waals surface area contributed by atoms with E-state index in [1.165, 1.54) is 10.4 Å². The van der Waals surface area contributed by atoms with Gasteiger partial charge in [-0.15, -0.1) is 0 Å². The Kier molecular flexibility index (Phi) is 4.39. The highest BCUT2D eigenvalue weighted by molar-refractivity contribution is 9.10. The van der Waals surface area contributed by atoms with E-state index in [1.54, 1.807) is 0 Å². The average Bonchev–Trinajstić information content (AvgIpc) is 2.74. The van der Waals surface area contributed by atoms with Gasteiger partial charge in [-0.1, -0.05) is 6.92 Å². The molecule has 1 N–H and O–H groups in total. The normalized spacial score (nSPS) is 25.7. The van der Waals surface area contributed by atoms with E-state index in [2.05, 4.69) is 22.9 Å². The largest absolute Gasteiger partial charge is 0.450 e. The molecule has 0 spiro atoms. The van der Waals surface area contributed by atoms with Gasteiger partial charge in [0.25, 0.3) is 0 Å². The Hall–Kier alpha value is -0.370. The molecule has 7 heteroatoms. The topological polar surface area (TPSA) is 70.8 Å².